The third-order valence-electron chi connectivity index (χ3n) is 4.50. The van der Waals surface area contributed by atoms with E-state index in [1.54, 1.807) is 24.7 Å². The van der Waals surface area contributed by atoms with Gasteiger partial charge in [-0.05, 0) is 36.2 Å². The lowest BCUT2D eigenvalue weighted by Crippen LogP contribution is -2.22. The predicted octanol–water partition coefficient (Wildman–Crippen LogP) is 4.57. The van der Waals surface area contributed by atoms with Crippen LogP contribution in [-0.2, 0) is 13.1 Å². The summed E-state index contributed by atoms with van der Waals surface area (Å²) in [6, 6.07) is 13.5. The first-order valence-electron chi connectivity index (χ1n) is 8.60. The number of imidazole rings is 1. The van der Waals surface area contributed by atoms with E-state index in [0.717, 1.165) is 23.1 Å². The van der Waals surface area contributed by atoms with Gasteiger partial charge in [0.1, 0.15) is 5.58 Å². The number of hydrogen-bond acceptors (Lipinski definition) is 3. The van der Waals surface area contributed by atoms with Gasteiger partial charge in [0, 0.05) is 41.5 Å². The van der Waals surface area contributed by atoms with Gasteiger partial charge in [0.25, 0.3) is 5.91 Å². The molecule has 2 aromatic heterocycles. The average molecular weight is 380 g/mol. The van der Waals surface area contributed by atoms with E-state index in [-0.39, 0.29) is 5.91 Å². The standard InChI is InChI=1S/C21H18ClN3O2/c1-14-18-10-17(22)6-7-19(18)27-20(14)21(26)24-11-15-2-4-16(5-3-15)12-25-9-8-23-13-25/h2-10,13H,11-12H2,1H3,(H,24,26). The Kier molecular flexibility index (Phi) is 4.69. The monoisotopic (exact) mass is 379 g/mol. The first-order valence-corrected chi connectivity index (χ1v) is 8.98. The minimum atomic E-state index is -0.234. The molecule has 0 radical (unpaired) electrons. The van der Waals surface area contributed by atoms with Crippen LogP contribution in [0.1, 0.15) is 27.2 Å². The van der Waals surface area contributed by atoms with Gasteiger partial charge in [-0.2, -0.15) is 0 Å². The molecule has 4 rings (SSSR count). The van der Waals surface area contributed by atoms with Crippen LogP contribution in [0.25, 0.3) is 11.0 Å². The summed E-state index contributed by atoms with van der Waals surface area (Å²) in [5.41, 5.74) is 3.65. The third kappa shape index (κ3) is 3.73. The van der Waals surface area contributed by atoms with Gasteiger partial charge in [0.2, 0.25) is 0 Å². The van der Waals surface area contributed by atoms with Crippen molar-refractivity contribution < 1.29 is 9.21 Å². The lowest BCUT2D eigenvalue weighted by Gasteiger charge is -2.06. The summed E-state index contributed by atoms with van der Waals surface area (Å²) < 4.78 is 7.71. The number of benzene rings is 2. The second-order valence-electron chi connectivity index (χ2n) is 6.43. The van der Waals surface area contributed by atoms with Crippen LogP contribution in [0, 0.1) is 6.92 Å². The molecular weight excluding hydrogens is 362 g/mol. The first kappa shape index (κ1) is 17.4. The number of rotatable bonds is 5. The van der Waals surface area contributed by atoms with E-state index in [2.05, 4.69) is 22.4 Å². The number of nitrogens with zero attached hydrogens (tertiary/aromatic N) is 2. The third-order valence-corrected chi connectivity index (χ3v) is 4.74. The smallest absolute Gasteiger partial charge is 0.287 e. The Morgan fingerprint density at radius 1 is 1.19 bits per heavy atom. The van der Waals surface area contributed by atoms with E-state index >= 15 is 0 Å². The zero-order valence-electron chi connectivity index (χ0n) is 14.8. The molecule has 0 atom stereocenters. The number of furan rings is 1. The topological polar surface area (TPSA) is 60.1 Å². The van der Waals surface area contributed by atoms with Gasteiger partial charge in [-0.25, -0.2) is 4.98 Å². The van der Waals surface area contributed by atoms with Crippen LogP contribution < -0.4 is 5.32 Å². The Bertz CT molecular complexity index is 1080. The SMILES string of the molecule is Cc1c(C(=O)NCc2ccc(Cn3ccnc3)cc2)oc2ccc(Cl)cc12. The van der Waals surface area contributed by atoms with Crippen molar-refractivity contribution in [3.8, 4) is 0 Å². The maximum absolute atomic E-state index is 12.5. The van der Waals surface area contributed by atoms with Crippen molar-refractivity contribution in [2.75, 3.05) is 0 Å². The molecule has 0 unspecified atom stereocenters. The quantitative estimate of drug-likeness (QED) is 0.552. The molecule has 2 heterocycles. The Morgan fingerprint density at radius 2 is 1.96 bits per heavy atom. The number of aromatic nitrogens is 2. The van der Waals surface area contributed by atoms with Gasteiger partial charge in [0.05, 0.1) is 6.33 Å². The molecule has 27 heavy (non-hydrogen) atoms. The van der Waals surface area contributed by atoms with E-state index < -0.39 is 0 Å². The second kappa shape index (κ2) is 7.29. The second-order valence-corrected chi connectivity index (χ2v) is 6.87. The number of fused-ring (bicyclic) bond motifs is 1. The number of hydrogen-bond donors (Lipinski definition) is 1. The van der Waals surface area contributed by atoms with Crippen LogP contribution in [0.5, 0.6) is 0 Å². The molecule has 136 valence electrons. The van der Waals surface area contributed by atoms with Crippen LogP contribution in [0.4, 0.5) is 0 Å². The van der Waals surface area contributed by atoms with E-state index in [0.29, 0.717) is 22.9 Å². The largest absolute Gasteiger partial charge is 0.451 e. The fraction of sp³-hybridized carbons (Fsp3) is 0.143. The van der Waals surface area contributed by atoms with Crippen LogP contribution >= 0.6 is 11.6 Å². The number of carbonyl (C=O) groups excluding carboxylic acids is 1. The van der Waals surface area contributed by atoms with E-state index in [9.17, 15) is 4.79 Å². The van der Waals surface area contributed by atoms with Gasteiger partial charge in [-0.3, -0.25) is 4.79 Å². The van der Waals surface area contributed by atoms with E-state index in [4.69, 9.17) is 16.0 Å². The molecule has 0 aliphatic rings. The molecule has 1 amide bonds. The lowest BCUT2D eigenvalue weighted by atomic mass is 10.1. The van der Waals surface area contributed by atoms with Crippen molar-refractivity contribution in [2.45, 2.75) is 20.0 Å². The average Bonchev–Trinajstić information content (AvgIpc) is 3.29. The number of amides is 1. The van der Waals surface area contributed by atoms with Crippen molar-refractivity contribution in [1.29, 1.82) is 0 Å². The van der Waals surface area contributed by atoms with Gasteiger partial charge < -0.3 is 14.3 Å². The summed E-state index contributed by atoms with van der Waals surface area (Å²) in [6.07, 6.45) is 5.48. The summed E-state index contributed by atoms with van der Waals surface area (Å²) in [5, 5.41) is 4.39. The fourth-order valence-electron chi connectivity index (χ4n) is 3.03. The zero-order chi connectivity index (χ0) is 18.8. The predicted molar refractivity (Wildman–Crippen MR) is 105 cm³/mol. The van der Waals surface area contributed by atoms with Crippen LogP contribution in [0.3, 0.4) is 0 Å². The number of nitrogens with one attached hydrogen (secondary N) is 1. The Balaban J connectivity index is 1.42. The number of carbonyl (C=O) groups is 1. The highest BCUT2D eigenvalue weighted by Gasteiger charge is 2.17. The van der Waals surface area contributed by atoms with Crippen molar-refractivity contribution in [3.05, 3.63) is 88.7 Å². The van der Waals surface area contributed by atoms with Gasteiger partial charge in [-0.15, -0.1) is 0 Å². The van der Waals surface area contributed by atoms with Crippen molar-refractivity contribution in [1.82, 2.24) is 14.9 Å². The Morgan fingerprint density at radius 3 is 2.70 bits per heavy atom. The lowest BCUT2D eigenvalue weighted by molar-refractivity contribution is 0.0924. The van der Waals surface area contributed by atoms with Crippen molar-refractivity contribution >= 4 is 28.5 Å². The maximum Gasteiger partial charge on any atom is 0.287 e. The maximum atomic E-state index is 12.5. The van der Waals surface area contributed by atoms with Crippen molar-refractivity contribution in [3.63, 3.8) is 0 Å². The summed E-state index contributed by atoms with van der Waals surface area (Å²) >= 11 is 6.03. The molecule has 0 saturated heterocycles. The zero-order valence-corrected chi connectivity index (χ0v) is 15.5. The van der Waals surface area contributed by atoms with Crippen molar-refractivity contribution in [2.24, 2.45) is 0 Å². The van der Waals surface area contributed by atoms with Gasteiger partial charge >= 0.3 is 0 Å². The Hall–Kier alpha value is -3.05. The number of aryl methyl sites for hydroxylation is 1. The summed E-state index contributed by atoms with van der Waals surface area (Å²) in [4.78, 5) is 16.6. The minimum Gasteiger partial charge on any atom is -0.451 e. The highest BCUT2D eigenvalue weighted by Crippen LogP contribution is 2.27. The minimum absolute atomic E-state index is 0.234. The molecule has 0 fully saturated rings. The highest BCUT2D eigenvalue weighted by molar-refractivity contribution is 6.31. The Labute approximate surface area is 161 Å². The molecule has 0 aliphatic heterocycles. The first-order chi connectivity index (χ1) is 13.1. The molecule has 0 spiro atoms. The molecule has 5 nitrogen and oxygen atoms in total. The highest BCUT2D eigenvalue weighted by atomic mass is 35.5. The van der Waals surface area contributed by atoms with E-state index in [1.165, 1.54) is 5.56 Å². The normalized spacial score (nSPS) is 11.0. The van der Waals surface area contributed by atoms with Crippen LogP contribution in [0.15, 0.2) is 65.6 Å². The molecule has 4 aromatic rings. The molecule has 0 aliphatic carbocycles. The van der Waals surface area contributed by atoms with Crippen LogP contribution in [0.2, 0.25) is 5.02 Å². The number of halogens is 1. The molecular formula is C21H18ClN3O2. The molecule has 0 bridgehead atoms. The fourth-order valence-corrected chi connectivity index (χ4v) is 3.20. The molecule has 2 aromatic carbocycles. The van der Waals surface area contributed by atoms with Gasteiger partial charge in [0.15, 0.2) is 5.76 Å². The summed E-state index contributed by atoms with van der Waals surface area (Å²) in [7, 11) is 0. The molecule has 6 heteroatoms. The van der Waals surface area contributed by atoms with E-state index in [1.807, 2.05) is 35.9 Å². The van der Waals surface area contributed by atoms with Crippen LogP contribution in [-0.4, -0.2) is 15.5 Å². The summed E-state index contributed by atoms with van der Waals surface area (Å²) in [5.74, 6) is 0.0892. The summed E-state index contributed by atoms with van der Waals surface area (Å²) in [6.45, 7) is 3.07. The molecule has 1 N–H and O–H groups in total. The molecule has 0 saturated carbocycles. The van der Waals surface area contributed by atoms with Gasteiger partial charge in [-0.1, -0.05) is 35.9 Å².